The van der Waals surface area contributed by atoms with E-state index in [1.807, 2.05) is 62.4 Å². The molecule has 0 saturated heterocycles. The van der Waals surface area contributed by atoms with Crippen LogP contribution in [0.4, 0.5) is 4.39 Å². The smallest absolute Gasteiger partial charge is 0.254 e. The van der Waals surface area contributed by atoms with E-state index in [4.69, 9.17) is 9.47 Å². The van der Waals surface area contributed by atoms with Gasteiger partial charge in [0, 0.05) is 0 Å². The number of benzene rings is 3. The molecule has 30 heavy (non-hydrogen) atoms. The molecule has 0 heterocycles. The van der Waals surface area contributed by atoms with Crippen molar-refractivity contribution in [1.82, 2.24) is 5.32 Å². The van der Waals surface area contributed by atoms with E-state index in [1.54, 1.807) is 12.1 Å². The van der Waals surface area contributed by atoms with Crippen molar-refractivity contribution in [2.45, 2.75) is 26.3 Å². The van der Waals surface area contributed by atoms with Crippen LogP contribution in [0.3, 0.4) is 0 Å². The first kappa shape index (κ1) is 21.4. The van der Waals surface area contributed by atoms with Crippen LogP contribution in [0.25, 0.3) is 0 Å². The van der Waals surface area contributed by atoms with Crippen LogP contribution in [0.2, 0.25) is 0 Å². The summed E-state index contributed by atoms with van der Waals surface area (Å²) in [6.07, 6.45) is 0.556. The zero-order chi connectivity index (χ0) is 21.3. The molecule has 0 saturated carbocycles. The van der Waals surface area contributed by atoms with Gasteiger partial charge < -0.3 is 14.8 Å². The molecule has 1 atom stereocenters. The molecule has 0 aliphatic heterocycles. The number of carbonyl (C=O) groups is 1. The number of hydrogen-bond donors (Lipinski definition) is 1. The van der Waals surface area contributed by atoms with E-state index in [1.165, 1.54) is 12.1 Å². The van der Waals surface area contributed by atoms with Crippen LogP contribution in [-0.4, -0.2) is 19.1 Å². The fourth-order valence-electron chi connectivity index (χ4n) is 3.27. The molecule has 3 aromatic carbocycles. The number of carbonyl (C=O) groups excluding carboxylic acids is 1. The molecule has 1 unspecified atom stereocenters. The molecule has 0 bridgehead atoms. The molecule has 1 N–H and O–H groups in total. The Hall–Kier alpha value is -3.34. The monoisotopic (exact) mass is 407 g/mol. The Kier molecular flexibility index (Phi) is 7.44. The summed E-state index contributed by atoms with van der Waals surface area (Å²) in [4.78, 5) is 12.8. The second kappa shape index (κ2) is 10.4. The lowest BCUT2D eigenvalue weighted by atomic mass is 9.97. The highest BCUT2D eigenvalue weighted by Gasteiger charge is 2.20. The Balaban J connectivity index is 1.94. The molecular formula is C25H26FNO3. The highest BCUT2D eigenvalue weighted by atomic mass is 19.1. The molecule has 156 valence electrons. The lowest BCUT2D eigenvalue weighted by Crippen LogP contribution is -2.30. The summed E-state index contributed by atoms with van der Waals surface area (Å²) in [5.74, 6) is 0.271. The van der Waals surface area contributed by atoms with Crippen LogP contribution in [-0.2, 0) is 6.42 Å². The van der Waals surface area contributed by atoms with Gasteiger partial charge >= 0.3 is 0 Å². The van der Waals surface area contributed by atoms with Crippen molar-refractivity contribution in [3.05, 3.63) is 95.3 Å². The Morgan fingerprint density at radius 1 is 0.900 bits per heavy atom. The van der Waals surface area contributed by atoms with E-state index in [0.29, 0.717) is 31.1 Å². The summed E-state index contributed by atoms with van der Waals surface area (Å²) in [6, 6.07) is 21.1. The summed E-state index contributed by atoms with van der Waals surface area (Å²) in [5.41, 5.74) is 1.94. The fraction of sp³-hybridized carbons (Fsp3) is 0.240. The van der Waals surface area contributed by atoms with Crippen LogP contribution in [0.15, 0.2) is 72.8 Å². The predicted molar refractivity (Wildman–Crippen MR) is 116 cm³/mol. The van der Waals surface area contributed by atoms with Gasteiger partial charge in [0.2, 0.25) is 0 Å². The van der Waals surface area contributed by atoms with Crippen molar-refractivity contribution in [3.8, 4) is 11.5 Å². The van der Waals surface area contributed by atoms with Gasteiger partial charge in [-0.25, -0.2) is 4.39 Å². The normalized spacial score (nSPS) is 11.6. The third kappa shape index (κ3) is 5.38. The number of rotatable bonds is 9. The average Bonchev–Trinajstić information content (AvgIpc) is 2.76. The van der Waals surface area contributed by atoms with Gasteiger partial charge in [0.1, 0.15) is 5.82 Å². The number of hydrogen-bond acceptors (Lipinski definition) is 3. The summed E-state index contributed by atoms with van der Waals surface area (Å²) < 4.78 is 25.5. The summed E-state index contributed by atoms with van der Waals surface area (Å²) in [5, 5.41) is 2.98. The van der Waals surface area contributed by atoms with Crippen molar-refractivity contribution in [3.63, 3.8) is 0 Å². The van der Waals surface area contributed by atoms with E-state index in [9.17, 15) is 9.18 Å². The zero-order valence-corrected chi connectivity index (χ0v) is 17.2. The van der Waals surface area contributed by atoms with Gasteiger partial charge in [-0.05, 0) is 55.7 Å². The van der Waals surface area contributed by atoms with E-state index < -0.39 is 11.7 Å². The van der Waals surface area contributed by atoms with Gasteiger partial charge in [-0.2, -0.15) is 0 Å². The topological polar surface area (TPSA) is 47.6 Å². The SMILES string of the molecule is CCOc1ccc(C(Cc2ccccc2)NC(=O)c2ccccc2F)cc1OCC. The molecule has 3 rings (SSSR count). The van der Waals surface area contributed by atoms with E-state index in [2.05, 4.69) is 5.32 Å². The molecule has 4 nitrogen and oxygen atoms in total. The van der Waals surface area contributed by atoms with Gasteiger partial charge in [-0.3, -0.25) is 4.79 Å². The van der Waals surface area contributed by atoms with Crippen molar-refractivity contribution >= 4 is 5.91 Å². The summed E-state index contributed by atoms with van der Waals surface area (Å²) in [6.45, 7) is 4.84. The first-order valence-electron chi connectivity index (χ1n) is 10.1. The third-order valence-electron chi connectivity index (χ3n) is 4.68. The van der Waals surface area contributed by atoms with E-state index >= 15 is 0 Å². The van der Waals surface area contributed by atoms with Gasteiger partial charge in [-0.1, -0.05) is 48.5 Å². The Labute approximate surface area is 176 Å². The largest absolute Gasteiger partial charge is 0.490 e. The van der Waals surface area contributed by atoms with Gasteiger partial charge in [0.05, 0.1) is 24.8 Å². The van der Waals surface area contributed by atoms with Gasteiger partial charge in [-0.15, -0.1) is 0 Å². The number of nitrogens with one attached hydrogen (secondary N) is 1. The predicted octanol–water partition coefficient (Wildman–Crippen LogP) is 5.34. The summed E-state index contributed by atoms with van der Waals surface area (Å²) >= 11 is 0. The number of amides is 1. The van der Waals surface area contributed by atoms with Crippen molar-refractivity contribution in [2.75, 3.05) is 13.2 Å². The molecule has 0 aliphatic rings. The standard InChI is InChI=1S/C25H26FNO3/c1-3-29-23-15-14-19(17-24(23)30-4-2)22(16-18-10-6-5-7-11-18)27-25(28)20-12-8-9-13-21(20)26/h5-15,17,22H,3-4,16H2,1-2H3,(H,27,28). The molecule has 0 spiro atoms. The van der Waals surface area contributed by atoms with Crippen molar-refractivity contribution in [2.24, 2.45) is 0 Å². The van der Waals surface area contributed by atoms with E-state index in [-0.39, 0.29) is 11.6 Å². The van der Waals surface area contributed by atoms with Crippen molar-refractivity contribution in [1.29, 1.82) is 0 Å². The number of halogens is 1. The molecule has 0 fully saturated rings. The second-order valence-corrected chi connectivity index (χ2v) is 6.77. The first-order valence-corrected chi connectivity index (χ1v) is 10.1. The highest BCUT2D eigenvalue weighted by Crippen LogP contribution is 2.32. The molecule has 3 aromatic rings. The Bertz CT molecular complexity index is 975. The van der Waals surface area contributed by atoms with Crippen LogP contribution in [0.1, 0.15) is 41.4 Å². The maximum atomic E-state index is 14.1. The Morgan fingerprint density at radius 3 is 2.27 bits per heavy atom. The van der Waals surface area contributed by atoms with Crippen LogP contribution >= 0.6 is 0 Å². The van der Waals surface area contributed by atoms with Crippen LogP contribution in [0.5, 0.6) is 11.5 Å². The van der Waals surface area contributed by atoms with Crippen molar-refractivity contribution < 1.29 is 18.7 Å². The van der Waals surface area contributed by atoms with Gasteiger partial charge in [0.15, 0.2) is 11.5 Å². The minimum absolute atomic E-state index is 0.0199. The highest BCUT2D eigenvalue weighted by molar-refractivity contribution is 5.94. The van der Waals surface area contributed by atoms with Crippen LogP contribution < -0.4 is 14.8 Å². The maximum absolute atomic E-state index is 14.1. The zero-order valence-electron chi connectivity index (χ0n) is 17.2. The fourth-order valence-corrected chi connectivity index (χ4v) is 3.27. The maximum Gasteiger partial charge on any atom is 0.254 e. The summed E-state index contributed by atoms with van der Waals surface area (Å²) in [7, 11) is 0. The average molecular weight is 407 g/mol. The Morgan fingerprint density at radius 2 is 1.57 bits per heavy atom. The molecule has 1 amide bonds. The van der Waals surface area contributed by atoms with E-state index in [0.717, 1.165) is 11.1 Å². The lowest BCUT2D eigenvalue weighted by Gasteiger charge is -2.21. The van der Waals surface area contributed by atoms with Gasteiger partial charge in [0.25, 0.3) is 5.91 Å². The molecule has 0 radical (unpaired) electrons. The molecular weight excluding hydrogens is 381 g/mol. The quantitative estimate of drug-likeness (QED) is 0.521. The second-order valence-electron chi connectivity index (χ2n) is 6.77. The third-order valence-corrected chi connectivity index (χ3v) is 4.68. The minimum Gasteiger partial charge on any atom is -0.490 e. The molecule has 5 heteroatoms. The van der Waals surface area contributed by atoms with Crippen LogP contribution in [0, 0.1) is 5.82 Å². The minimum atomic E-state index is -0.546. The molecule has 0 aliphatic carbocycles. The lowest BCUT2D eigenvalue weighted by molar-refractivity contribution is 0.0932. The number of ether oxygens (including phenoxy) is 2. The first-order chi connectivity index (χ1) is 14.6. The molecule has 0 aromatic heterocycles.